The Bertz CT molecular complexity index is 1140. The zero-order chi connectivity index (χ0) is 22.1. The van der Waals surface area contributed by atoms with Gasteiger partial charge in [0.05, 0.1) is 16.9 Å². The van der Waals surface area contributed by atoms with Gasteiger partial charge in [0.2, 0.25) is 0 Å². The molecule has 1 spiro atoms. The van der Waals surface area contributed by atoms with Gasteiger partial charge in [-0.15, -0.1) is 0 Å². The highest BCUT2D eigenvalue weighted by molar-refractivity contribution is 6.30. The molecule has 3 aromatic rings. The molecular weight excluding hydrogens is 422 g/mol. The van der Waals surface area contributed by atoms with Crippen molar-refractivity contribution >= 4 is 40.4 Å². The molecule has 2 aliphatic rings. The molecule has 0 radical (unpaired) electrons. The lowest BCUT2D eigenvalue weighted by Crippen LogP contribution is -2.31. The van der Waals surface area contributed by atoms with Crippen LogP contribution >= 0.6 is 11.6 Å². The van der Waals surface area contributed by atoms with Gasteiger partial charge in [-0.05, 0) is 55.3 Å². The third kappa shape index (κ3) is 4.10. The molecule has 2 aliphatic heterocycles. The summed E-state index contributed by atoms with van der Waals surface area (Å²) in [4.78, 5) is 21.9. The van der Waals surface area contributed by atoms with Gasteiger partial charge in [0.25, 0.3) is 5.91 Å². The van der Waals surface area contributed by atoms with Crippen LogP contribution in [0.4, 0.5) is 22.9 Å². The average Bonchev–Trinajstić information content (AvgIpc) is 3.42. The van der Waals surface area contributed by atoms with Crippen molar-refractivity contribution in [1.82, 2.24) is 4.98 Å². The maximum absolute atomic E-state index is 12.6. The van der Waals surface area contributed by atoms with E-state index in [4.69, 9.17) is 17.3 Å². The summed E-state index contributed by atoms with van der Waals surface area (Å²) in [5.41, 5.74) is 9.04. The average molecular weight is 448 g/mol. The summed E-state index contributed by atoms with van der Waals surface area (Å²) in [7, 11) is 0. The van der Waals surface area contributed by atoms with Crippen LogP contribution in [0.25, 0.3) is 0 Å². The number of hydrogen-bond donors (Lipinski definition) is 2. The van der Waals surface area contributed by atoms with Gasteiger partial charge in [-0.25, -0.2) is 4.98 Å². The first-order chi connectivity index (χ1) is 15.5. The quantitative estimate of drug-likeness (QED) is 0.568. The minimum absolute atomic E-state index is 0.215. The number of carbonyl (C=O) groups excluding carboxylic acids is 1. The van der Waals surface area contributed by atoms with Gasteiger partial charge in [0, 0.05) is 48.5 Å². The fraction of sp³-hybridized carbons (Fsp3) is 0.280. The number of pyridine rings is 1. The Labute approximate surface area is 193 Å². The molecule has 7 heteroatoms. The van der Waals surface area contributed by atoms with Crippen molar-refractivity contribution in [3.05, 3.63) is 77.4 Å². The number of hydrogen-bond acceptors (Lipinski definition) is 5. The fourth-order valence-electron chi connectivity index (χ4n) is 4.80. The normalized spacial score (nSPS) is 20.2. The van der Waals surface area contributed by atoms with Crippen molar-refractivity contribution in [3.63, 3.8) is 0 Å². The maximum Gasteiger partial charge on any atom is 0.257 e. The van der Waals surface area contributed by atoms with Crippen LogP contribution in [-0.2, 0) is 0 Å². The lowest BCUT2D eigenvalue weighted by Gasteiger charge is -2.26. The van der Waals surface area contributed by atoms with E-state index in [1.54, 1.807) is 18.3 Å². The number of anilines is 4. The van der Waals surface area contributed by atoms with Crippen molar-refractivity contribution in [2.24, 2.45) is 5.41 Å². The second-order valence-corrected chi connectivity index (χ2v) is 9.21. The fourth-order valence-corrected chi connectivity index (χ4v) is 4.99. The molecule has 0 saturated carbocycles. The Kier molecular flexibility index (Phi) is 5.39. The highest BCUT2D eigenvalue weighted by Gasteiger charge is 2.43. The molecule has 3 heterocycles. The Balaban J connectivity index is 1.23. The summed E-state index contributed by atoms with van der Waals surface area (Å²) < 4.78 is 0. The van der Waals surface area contributed by atoms with E-state index >= 15 is 0 Å². The molecule has 2 saturated heterocycles. The van der Waals surface area contributed by atoms with Gasteiger partial charge in [0.15, 0.2) is 0 Å². The molecule has 1 unspecified atom stereocenters. The van der Waals surface area contributed by atoms with Gasteiger partial charge >= 0.3 is 0 Å². The monoisotopic (exact) mass is 447 g/mol. The van der Waals surface area contributed by atoms with Gasteiger partial charge < -0.3 is 20.9 Å². The number of amides is 1. The van der Waals surface area contributed by atoms with Crippen LogP contribution in [0, 0.1) is 5.41 Å². The van der Waals surface area contributed by atoms with E-state index in [2.05, 4.69) is 26.2 Å². The van der Waals surface area contributed by atoms with E-state index in [1.165, 1.54) is 5.69 Å². The van der Waals surface area contributed by atoms with Gasteiger partial charge in [-0.3, -0.25) is 4.79 Å². The molecule has 2 aromatic carbocycles. The number of benzene rings is 2. The van der Waals surface area contributed by atoms with Gasteiger partial charge in [-0.1, -0.05) is 29.8 Å². The van der Waals surface area contributed by atoms with E-state index < -0.39 is 0 Å². The van der Waals surface area contributed by atoms with Crippen molar-refractivity contribution in [3.8, 4) is 0 Å². The molecular formula is C25H26ClN5O. The van der Waals surface area contributed by atoms with Crippen LogP contribution in [-0.4, -0.2) is 37.1 Å². The van der Waals surface area contributed by atoms with E-state index in [1.807, 2.05) is 42.5 Å². The van der Waals surface area contributed by atoms with Crippen molar-refractivity contribution in [2.45, 2.75) is 12.8 Å². The number of nitrogens with two attached hydrogens (primary N) is 1. The highest BCUT2D eigenvalue weighted by Crippen LogP contribution is 2.42. The minimum atomic E-state index is -0.215. The maximum atomic E-state index is 12.6. The predicted molar refractivity (Wildman–Crippen MR) is 131 cm³/mol. The molecule has 1 aromatic heterocycles. The molecule has 0 aliphatic carbocycles. The Morgan fingerprint density at radius 1 is 1.00 bits per heavy atom. The first kappa shape index (κ1) is 20.6. The van der Waals surface area contributed by atoms with E-state index in [0.29, 0.717) is 16.9 Å². The third-order valence-corrected chi connectivity index (χ3v) is 6.83. The number of nitrogens with one attached hydrogen (secondary N) is 1. The lowest BCUT2D eigenvalue weighted by atomic mass is 9.86. The van der Waals surface area contributed by atoms with E-state index in [0.717, 1.165) is 49.9 Å². The summed E-state index contributed by atoms with van der Waals surface area (Å²) in [6.07, 6.45) is 3.94. The number of para-hydroxylation sites is 2. The smallest absolute Gasteiger partial charge is 0.257 e. The highest BCUT2D eigenvalue weighted by atomic mass is 35.5. The number of carbonyl (C=O) groups is 1. The Hall–Kier alpha value is -3.25. The second-order valence-electron chi connectivity index (χ2n) is 8.77. The molecule has 0 bridgehead atoms. The summed E-state index contributed by atoms with van der Waals surface area (Å²) in [5.74, 6) is 0.701. The summed E-state index contributed by atoms with van der Waals surface area (Å²) >= 11 is 6.19. The molecule has 1 amide bonds. The number of halogens is 1. The van der Waals surface area contributed by atoms with E-state index in [9.17, 15) is 4.79 Å². The SMILES string of the molecule is Nc1ccccc1NC(=O)c1ccc(N2CCC3(CCN(c4cccc(Cl)c4)C3)C2)nc1. The topological polar surface area (TPSA) is 74.5 Å². The minimum Gasteiger partial charge on any atom is -0.397 e. The lowest BCUT2D eigenvalue weighted by molar-refractivity contribution is 0.102. The molecule has 6 nitrogen and oxygen atoms in total. The van der Waals surface area contributed by atoms with Crippen LogP contribution < -0.4 is 20.9 Å². The Morgan fingerprint density at radius 3 is 2.53 bits per heavy atom. The number of aromatic nitrogens is 1. The zero-order valence-electron chi connectivity index (χ0n) is 17.8. The third-order valence-electron chi connectivity index (χ3n) is 6.59. The summed E-state index contributed by atoms with van der Waals surface area (Å²) in [6.45, 7) is 4.03. The van der Waals surface area contributed by atoms with Crippen molar-refractivity contribution < 1.29 is 4.79 Å². The van der Waals surface area contributed by atoms with Crippen LogP contribution in [0.2, 0.25) is 5.02 Å². The molecule has 32 heavy (non-hydrogen) atoms. The molecule has 1 atom stereocenters. The number of rotatable bonds is 4. The molecule has 5 rings (SSSR count). The van der Waals surface area contributed by atoms with E-state index in [-0.39, 0.29) is 11.3 Å². The van der Waals surface area contributed by atoms with Crippen LogP contribution in [0.1, 0.15) is 23.2 Å². The van der Waals surface area contributed by atoms with Crippen LogP contribution in [0.3, 0.4) is 0 Å². The zero-order valence-corrected chi connectivity index (χ0v) is 18.6. The largest absolute Gasteiger partial charge is 0.397 e. The second kappa shape index (κ2) is 8.36. The summed E-state index contributed by atoms with van der Waals surface area (Å²) in [5, 5.41) is 3.62. The molecule has 3 N–H and O–H groups in total. The standard InChI is InChI=1S/C25H26ClN5O/c26-19-4-3-5-20(14-19)30-12-10-25(16-30)11-13-31(17-25)23-9-8-18(15-28-23)24(32)29-22-7-2-1-6-21(22)27/h1-9,14-15H,10-13,16-17,27H2,(H,29,32). The van der Waals surface area contributed by atoms with Gasteiger partial charge in [-0.2, -0.15) is 0 Å². The van der Waals surface area contributed by atoms with Crippen LogP contribution in [0.5, 0.6) is 0 Å². The van der Waals surface area contributed by atoms with Crippen molar-refractivity contribution in [1.29, 1.82) is 0 Å². The van der Waals surface area contributed by atoms with Crippen LogP contribution in [0.15, 0.2) is 66.9 Å². The first-order valence-electron chi connectivity index (χ1n) is 10.9. The van der Waals surface area contributed by atoms with Crippen molar-refractivity contribution in [2.75, 3.05) is 47.0 Å². The molecule has 2 fully saturated rings. The number of nitrogens with zero attached hydrogens (tertiary/aromatic N) is 3. The molecule has 164 valence electrons. The number of nitrogen functional groups attached to an aromatic ring is 1. The summed E-state index contributed by atoms with van der Waals surface area (Å²) in [6, 6.07) is 19.1. The Morgan fingerprint density at radius 2 is 1.78 bits per heavy atom. The first-order valence-corrected chi connectivity index (χ1v) is 11.3. The van der Waals surface area contributed by atoms with Gasteiger partial charge in [0.1, 0.15) is 5.82 Å². The predicted octanol–water partition coefficient (Wildman–Crippen LogP) is 4.68.